The highest BCUT2D eigenvalue weighted by atomic mass is 32.2. The molecule has 4 rings (SSSR count). The van der Waals surface area contributed by atoms with Crippen LogP contribution in [0.2, 0.25) is 0 Å². The summed E-state index contributed by atoms with van der Waals surface area (Å²) in [6.45, 7) is 0. The largest absolute Gasteiger partial charge is 0.497 e. The predicted molar refractivity (Wildman–Crippen MR) is 110 cm³/mol. The SMILES string of the molecule is COc1ccc(-n2nc3c(c2NC(=O)CCC2CCCCC2)CS(=O)C3)cc1. The lowest BCUT2D eigenvalue weighted by molar-refractivity contribution is -0.116. The molecule has 7 heteroatoms. The molecule has 0 bridgehead atoms. The van der Waals surface area contributed by atoms with Crippen molar-refractivity contribution in [1.82, 2.24) is 9.78 Å². The van der Waals surface area contributed by atoms with Gasteiger partial charge in [0.25, 0.3) is 0 Å². The Morgan fingerprint density at radius 2 is 1.96 bits per heavy atom. The van der Waals surface area contributed by atoms with Crippen molar-refractivity contribution in [2.45, 2.75) is 56.5 Å². The first-order chi connectivity index (χ1) is 13.6. The highest BCUT2D eigenvalue weighted by Gasteiger charge is 2.28. The maximum atomic E-state index is 12.7. The number of benzene rings is 1. The molecule has 28 heavy (non-hydrogen) atoms. The number of carbonyl (C=O) groups excluding carboxylic acids is 1. The highest BCUT2D eigenvalue weighted by molar-refractivity contribution is 7.83. The second kappa shape index (κ2) is 8.47. The van der Waals surface area contributed by atoms with Crippen LogP contribution in [-0.4, -0.2) is 27.0 Å². The fourth-order valence-corrected chi connectivity index (χ4v) is 5.44. The Morgan fingerprint density at radius 3 is 2.68 bits per heavy atom. The molecule has 2 heterocycles. The number of ether oxygens (including phenoxy) is 1. The van der Waals surface area contributed by atoms with Gasteiger partial charge in [-0.25, -0.2) is 4.68 Å². The third-order valence-electron chi connectivity index (χ3n) is 5.75. The van der Waals surface area contributed by atoms with E-state index in [4.69, 9.17) is 4.74 Å². The molecule has 2 aliphatic rings. The maximum Gasteiger partial charge on any atom is 0.225 e. The summed E-state index contributed by atoms with van der Waals surface area (Å²) >= 11 is 0. The van der Waals surface area contributed by atoms with E-state index in [9.17, 15) is 9.00 Å². The minimum atomic E-state index is -0.938. The molecule has 0 spiro atoms. The van der Waals surface area contributed by atoms with E-state index < -0.39 is 10.8 Å². The summed E-state index contributed by atoms with van der Waals surface area (Å²) in [5.74, 6) is 3.01. The number of amides is 1. The van der Waals surface area contributed by atoms with Crippen LogP contribution in [0.1, 0.15) is 56.2 Å². The second-order valence-electron chi connectivity index (χ2n) is 7.70. The number of hydrogen-bond donors (Lipinski definition) is 1. The van der Waals surface area contributed by atoms with E-state index in [1.54, 1.807) is 11.8 Å². The Balaban J connectivity index is 1.52. The Morgan fingerprint density at radius 1 is 1.21 bits per heavy atom. The van der Waals surface area contributed by atoms with E-state index in [1.165, 1.54) is 32.1 Å². The third-order valence-corrected chi connectivity index (χ3v) is 6.96. The lowest BCUT2D eigenvalue weighted by Crippen LogP contribution is -2.18. The third kappa shape index (κ3) is 4.14. The molecule has 1 atom stereocenters. The number of fused-ring (bicyclic) bond motifs is 1. The van der Waals surface area contributed by atoms with Gasteiger partial charge in [0.1, 0.15) is 11.6 Å². The number of carbonyl (C=O) groups is 1. The van der Waals surface area contributed by atoms with Crippen LogP contribution in [0.5, 0.6) is 5.75 Å². The van der Waals surface area contributed by atoms with Crippen LogP contribution in [0.25, 0.3) is 5.69 Å². The van der Waals surface area contributed by atoms with Crippen LogP contribution in [0.3, 0.4) is 0 Å². The van der Waals surface area contributed by atoms with Gasteiger partial charge in [0.2, 0.25) is 5.91 Å². The van der Waals surface area contributed by atoms with Gasteiger partial charge in [0.05, 0.1) is 30.0 Å². The van der Waals surface area contributed by atoms with Gasteiger partial charge < -0.3 is 10.1 Å². The van der Waals surface area contributed by atoms with Gasteiger partial charge in [-0.3, -0.25) is 9.00 Å². The first-order valence-electron chi connectivity index (χ1n) is 10.0. The molecule has 1 fully saturated rings. The summed E-state index contributed by atoms with van der Waals surface area (Å²) in [7, 11) is 0.692. The van der Waals surface area contributed by atoms with E-state index in [0.29, 0.717) is 29.7 Å². The Bertz CT molecular complexity index is 870. The van der Waals surface area contributed by atoms with Crippen molar-refractivity contribution in [1.29, 1.82) is 0 Å². The molecule has 1 aromatic heterocycles. The topological polar surface area (TPSA) is 73.2 Å². The first kappa shape index (κ1) is 19.2. The Labute approximate surface area is 168 Å². The van der Waals surface area contributed by atoms with Gasteiger partial charge in [0, 0.05) is 22.8 Å². The van der Waals surface area contributed by atoms with Crippen molar-refractivity contribution in [3.05, 3.63) is 35.5 Å². The van der Waals surface area contributed by atoms with Gasteiger partial charge in [-0.05, 0) is 36.6 Å². The van der Waals surface area contributed by atoms with Crippen molar-refractivity contribution in [2.75, 3.05) is 12.4 Å². The van der Waals surface area contributed by atoms with Crippen LogP contribution in [0.15, 0.2) is 24.3 Å². The van der Waals surface area contributed by atoms with Crippen LogP contribution >= 0.6 is 0 Å². The van der Waals surface area contributed by atoms with Crippen LogP contribution < -0.4 is 10.1 Å². The lowest BCUT2D eigenvalue weighted by Gasteiger charge is -2.21. The number of nitrogens with zero attached hydrogens (tertiary/aromatic N) is 2. The smallest absolute Gasteiger partial charge is 0.225 e. The fraction of sp³-hybridized carbons (Fsp3) is 0.524. The Kier molecular flexibility index (Phi) is 5.80. The van der Waals surface area contributed by atoms with Crippen LogP contribution in [0, 0.1) is 5.92 Å². The van der Waals surface area contributed by atoms with Crippen molar-refractivity contribution < 1.29 is 13.7 Å². The minimum absolute atomic E-state index is 0.0146. The van der Waals surface area contributed by atoms with E-state index >= 15 is 0 Å². The van der Waals surface area contributed by atoms with Gasteiger partial charge >= 0.3 is 0 Å². The summed E-state index contributed by atoms with van der Waals surface area (Å²) in [5.41, 5.74) is 2.57. The van der Waals surface area contributed by atoms with E-state index in [-0.39, 0.29) is 5.91 Å². The number of nitrogens with one attached hydrogen (secondary N) is 1. The quantitative estimate of drug-likeness (QED) is 0.796. The van der Waals surface area contributed by atoms with Crippen LogP contribution in [-0.2, 0) is 27.1 Å². The van der Waals surface area contributed by atoms with Gasteiger partial charge in [-0.2, -0.15) is 5.10 Å². The van der Waals surface area contributed by atoms with Crippen molar-refractivity contribution >= 4 is 22.5 Å². The summed E-state index contributed by atoms with van der Waals surface area (Å²) in [6.07, 6.45) is 7.85. The van der Waals surface area contributed by atoms with E-state index in [1.807, 2.05) is 24.3 Å². The molecule has 150 valence electrons. The lowest BCUT2D eigenvalue weighted by atomic mass is 9.86. The molecule has 1 unspecified atom stereocenters. The zero-order valence-corrected chi connectivity index (χ0v) is 17.1. The number of anilines is 1. The molecule has 1 aliphatic carbocycles. The van der Waals surface area contributed by atoms with Crippen molar-refractivity contribution in [3.8, 4) is 11.4 Å². The monoisotopic (exact) mass is 401 g/mol. The summed E-state index contributed by atoms with van der Waals surface area (Å²) < 4.78 is 19.0. The number of hydrogen-bond acceptors (Lipinski definition) is 4. The van der Waals surface area contributed by atoms with Gasteiger partial charge in [-0.1, -0.05) is 32.1 Å². The fourth-order valence-electron chi connectivity index (χ4n) is 4.17. The number of aromatic nitrogens is 2. The highest BCUT2D eigenvalue weighted by Crippen LogP contribution is 2.32. The molecule has 1 aliphatic heterocycles. The van der Waals surface area contributed by atoms with Crippen molar-refractivity contribution in [2.24, 2.45) is 5.92 Å². The average molecular weight is 402 g/mol. The zero-order valence-electron chi connectivity index (χ0n) is 16.3. The van der Waals surface area contributed by atoms with Crippen molar-refractivity contribution in [3.63, 3.8) is 0 Å². The molecule has 0 saturated heterocycles. The first-order valence-corrected chi connectivity index (χ1v) is 11.5. The molecule has 0 radical (unpaired) electrons. The van der Waals surface area contributed by atoms with E-state index in [2.05, 4.69) is 10.4 Å². The zero-order chi connectivity index (χ0) is 19.5. The summed E-state index contributed by atoms with van der Waals surface area (Å²) in [4.78, 5) is 12.7. The molecular weight excluding hydrogens is 374 g/mol. The normalized spacial score (nSPS) is 19.4. The van der Waals surface area contributed by atoms with Crippen LogP contribution in [0.4, 0.5) is 5.82 Å². The van der Waals surface area contributed by atoms with E-state index in [0.717, 1.165) is 29.1 Å². The predicted octanol–water partition coefficient (Wildman–Crippen LogP) is 3.94. The molecule has 1 aromatic carbocycles. The molecule has 1 amide bonds. The number of methoxy groups -OCH3 is 1. The molecule has 1 N–H and O–H groups in total. The molecule has 1 saturated carbocycles. The molecule has 6 nitrogen and oxygen atoms in total. The average Bonchev–Trinajstić information content (AvgIpc) is 3.24. The Hall–Kier alpha value is -2.15. The summed E-state index contributed by atoms with van der Waals surface area (Å²) in [5, 5.41) is 7.71. The maximum absolute atomic E-state index is 12.7. The number of rotatable bonds is 6. The molecule has 2 aromatic rings. The second-order valence-corrected chi connectivity index (χ2v) is 9.16. The summed E-state index contributed by atoms with van der Waals surface area (Å²) in [6, 6.07) is 7.56. The van der Waals surface area contributed by atoms with Gasteiger partial charge in [0.15, 0.2) is 0 Å². The molecular formula is C21H27N3O3S. The van der Waals surface area contributed by atoms with Gasteiger partial charge in [-0.15, -0.1) is 0 Å². The minimum Gasteiger partial charge on any atom is -0.497 e. The standard InChI is InChI=1S/C21H27N3O3S/c1-27-17-10-8-16(9-11-17)24-21(18-13-28(26)14-19(18)23-24)22-20(25)12-7-15-5-3-2-4-6-15/h8-11,15H,2-7,12-14H2,1H3,(H,22,25).